The second kappa shape index (κ2) is 5.88. The Morgan fingerprint density at radius 2 is 1.96 bits per heavy atom. The molecule has 0 aliphatic carbocycles. The quantitative estimate of drug-likeness (QED) is 0.793. The van der Waals surface area contributed by atoms with Gasteiger partial charge >= 0.3 is 6.18 Å². The summed E-state index contributed by atoms with van der Waals surface area (Å²) in [5.41, 5.74) is -0.253. The van der Waals surface area contributed by atoms with Crippen LogP contribution in [0, 0.1) is 0 Å². The third-order valence-electron chi connectivity index (χ3n) is 3.38. The number of benzene rings is 1. The minimum absolute atomic E-state index is 0.0573. The Kier molecular flexibility index (Phi) is 3.88. The van der Waals surface area contributed by atoms with Gasteiger partial charge in [-0.1, -0.05) is 0 Å². The van der Waals surface area contributed by atoms with Crippen LogP contribution in [0.4, 0.5) is 13.2 Å². The van der Waals surface area contributed by atoms with E-state index in [-0.39, 0.29) is 11.6 Å². The zero-order valence-corrected chi connectivity index (χ0v) is 12.4. The molecule has 0 atom stereocenters. The highest BCUT2D eigenvalue weighted by Gasteiger charge is 2.34. The molecule has 0 amide bonds. The molecule has 24 heavy (non-hydrogen) atoms. The van der Waals surface area contributed by atoms with E-state index in [0.29, 0.717) is 17.0 Å². The van der Waals surface area contributed by atoms with Gasteiger partial charge in [0, 0.05) is 18.0 Å². The van der Waals surface area contributed by atoms with Crippen molar-refractivity contribution in [2.75, 3.05) is 7.11 Å². The van der Waals surface area contributed by atoms with Crippen molar-refractivity contribution in [2.24, 2.45) is 0 Å². The van der Waals surface area contributed by atoms with Crippen LogP contribution in [0.25, 0.3) is 17.1 Å². The van der Waals surface area contributed by atoms with Gasteiger partial charge < -0.3 is 9.84 Å². The van der Waals surface area contributed by atoms with Gasteiger partial charge in [0.1, 0.15) is 17.1 Å². The lowest BCUT2D eigenvalue weighted by Crippen LogP contribution is -2.12. The van der Waals surface area contributed by atoms with Crippen LogP contribution >= 0.6 is 0 Å². The van der Waals surface area contributed by atoms with Crippen LogP contribution in [0.1, 0.15) is 5.56 Å². The molecule has 0 aliphatic rings. The van der Waals surface area contributed by atoms with Crippen LogP contribution in [-0.2, 0) is 6.18 Å². The Bertz CT molecular complexity index is 875. The molecule has 5 nitrogen and oxygen atoms in total. The molecular formula is C16H12F3N3O2. The first kappa shape index (κ1) is 15.9. The van der Waals surface area contributed by atoms with Gasteiger partial charge in [0.15, 0.2) is 5.82 Å². The van der Waals surface area contributed by atoms with Gasteiger partial charge in [-0.25, -0.2) is 9.67 Å². The van der Waals surface area contributed by atoms with Crippen LogP contribution in [0.15, 0.2) is 48.8 Å². The highest BCUT2D eigenvalue weighted by Crippen LogP contribution is 2.34. The summed E-state index contributed by atoms with van der Waals surface area (Å²) in [6, 6.07) is 8.18. The fourth-order valence-electron chi connectivity index (χ4n) is 2.23. The standard InChI is InChI=1S/C16H12F3N3O2/c1-24-10-4-5-14(23)11(9-10)13-6-8-22(21-13)15-12(16(17,18)19)3-2-7-20-15/h2-9,23H,1H3. The van der Waals surface area contributed by atoms with Crippen molar-refractivity contribution < 1.29 is 23.0 Å². The first-order chi connectivity index (χ1) is 11.4. The van der Waals surface area contributed by atoms with Crippen molar-refractivity contribution in [3.63, 3.8) is 0 Å². The zero-order chi connectivity index (χ0) is 17.3. The first-order valence-corrected chi connectivity index (χ1v) is 6.86. The van der Waals surface area contributed by atoms with Crippen LogP contribution in [0.3, 0.4) is 0 Å². The van der Waals surface area contributed by atoms with Crippen LogP contribution in [0.2, 0.25) is 0 Å². The Morgan fingerprint density at radius 1 is 1.17 bits per heavy atom. The lowest BCUT2D eigenvalue weighted by Gasteiger charge is -2.11. The van der Waals surface area contributed by atoms with Gasteiger partial charge in [-0.3, -0.25) is 0 Å². The number of pyridine rings is 1. The summed E-state index contributed by atoms with van der Waals surface area (Å²) in [7, 11) is 1.47. The molecule has 0 radical (unpaired) electrons. The Morgan fingerprint density at radius 3 is 2.67 bits per heavy atom. The summed E-state index contributed by atoms with van der Waals surface area (Å²) in [5, 5.41) is 14.0. The number of aromatic nitrogens is 3. The third kappa shape index (κ3) is 2.90. The minimum atomic E-state index is -4.55. The molecule has 0 bridgehead atoms. The molecule has 0 saturated carbocycles. The molecule has 3 aromatic rings. The number of hydrogen-bond donors (Lipinski definition) is 1. The maximum Gasteiger partial charge on any atom is 0.420 e. The number of alkyl halides is 3. The summed E-state index contributed by atoms with van der Waals surface area (Å²) < 4.78 is 45.4. The van der Waals surface area contributed by atoms with E-state index < -0.39 is 11.7 Å². The Balaban J connectivity index is 2.07. The zero-order valence-electron chi connectivity index (χ0n) is 12.4. The van der Waals surface area contributed by atoms with Crippen molar-refractivity contribution in [1.29, 1.82) is 0 Å². The summed E-state index contributed by atoms with van der Waals surface area (Å²) >= 11 is 0. The van der Waals surface area contributed by atoms with E-state index >= 15 is 0 Å². The maximum absolute atomic E-state index is 13.1. The number of phenols is 1. The maximum atomic E-state index is 13.1. The molecule has 1 N–H and O–H groups in total. The lowest BCUT2D eigenvalue weighted by atomic mass is 10.1. The average Bonchev–Trinajstić information content (AvgIpc) is 3.04. The molecule has 1 aromatic carbocycles. The second-order valence-electron chi connectivity index (χ2n) is 4.90. The molecule has 2 aromatic heterocycles. The third-order valence-corrected chi connectivity index (χ3v) is 3.38. The molecular weight excluding hydrogens is 323 g/mol. The highest BCUT2D eigenvalue weighted by atomic mass is 19.4. The van der Waals surface area contributed by atoms with E-state index in [2.05, 4.69) is 10.1 Å². The number of phenolic OH excluding ortho intramolecular Hbond substituents is 1. The molecule has 124 valence electrons. The van der Waals surface area contributed by atoms with Gasteiger partial charge in [-0.2, -0.15) is 18.3 Å². The van der Waals surface area contributed by atoms with E-state index in [1.165, 1.54) is 37.7 Å². The smallest absolute Gasteiger partial charge is 0.420 e. The average molecular weight is 335 g/mol. The summed E-state index contributed by atoms with van der Waals surface area (Å²) in [6.07, 6.45) is -1.94. The normalized spacial score (nSPS) is 11.5. The van der Waals surface area contributed by atoms with E-state index in [1.807, 2.05) is 0 Å². The van der Waals surface area contributed by atoms with Gasteiger partial charge in [-0.15, -0.1) is 0 Å². The fraction of sp³-hybridized carbons (Fsp3) is 0.125. The lowest BCUT2D eigenvalue weighted by molar-refractivity contribution is -0.137. The van der Waals surface area contributed by atoms with E-state index in [0.717, 1.165) is 10.7 Å². The molecule has 3 rings (SSSR count). The number of aromatic hydroxyl groups is 1. The number of ether oxygens (including phenoxy) is 1. The number of halogens is 3. The molecule has 0 unspecified atom stereocenters. The largest absolute Gasteiger partial charge is 0.507 e. The predicted molar refractivity (Wildman–Crippen MR) is 80.0 cm³/mol. The molecule has 2 heterocycles. The number of nitrogens with zero attached hydrogens (tertiary/aromatic N) is 3. The molecule has 0 aliphatic heterocycles. The summed E-state index contributed by atoms with van der Waals surface area (Å²) in [5.74, 6) is 0.0999. The molecule has 0 spiro atoms. The number of methoxy groups -OCH3 is 1. The van der Waals surface area contributed by atoms with Crippen LogP contribution < -0.4 is 4.74 Å². The van der Waals surface area contributed by atoms with E-state index in [4.69, 9.17) is 4.74 Å². The van der Waals surface area contributed by atoms with Crippen molar-refractivity contribution in [2.45, 2.75) is 6.18 Å². The summed E-state index contributed by atoms with van der Waals surface area (Å²) in [6.45, 7) is 0. The molecule has 0 fully saturated rings. The number of hydrogen-bond acceptors (Lipinski definition) is 4. The molecule has 8 heteroatoms. The Labute approximate surface area is 135 Å². The topological polar surface area (TPSA) is 60.2 Å². The van der Waals surface area contributed by atoms with Crippen molar-refractivity contribution in [1.82, 2.24) is 14.8 Å². The monoisotopic (exact) mass is 335 g/mol. The predicted octanol–water partition coefficient (Wildman–Crippen LogP) is 3.67. The van der Waals surface area contributed by atoms with Crippen LogP contribution in [0.5, 0.6) is 11.5 Å². The van der Waals surface area contributed by atoms with Gasteiger partial charge in [0.2, 0.25) is 0 Å². The van der Waals surface area contributed by atoms with Crippen molar-refractivity contribution in [3.8, 4) is 28.6 Å². The van der Waals surface area contributed by atoms with E-state index in [1.54, 1.807) is 12.1 Å². The Hall–Kier alpha value is -3.03. The van der Waals surface area contributed by atoms with E-state index in [9.17, 15) is 18.3 Å². The molecule has 0 saturated heterocycles. The number of rotatable bonds is 3. The van der Waals surface area contributed by atoms with Crippen LogP contribution in [-0.4, -0.2) is 27.0 Å². The van der Waals surface area contributed by atoms with Gasteiger partial charge in [-0.05, 0) is 36.4 Å². The van der Waals surface area contributed by atoms with Gasteiger partial charge in [0.05, 0.1) is 12.8 Å². The van der Waals surface area contributed by atoms with Gasteiger partial charge in [0.25, 0.3) is 0 Å². The second-order valence-corrected chi connectivity index (χ2v) is 4.90. The van der Waals surface area contributed by atoms with Crippen molar-refractivity contribution in [3.05, 3.63) is 54.4 Å². The van der Waals surface area contributed by atoms with Crippen molar-refractivity contribution >= 4 is 0 Å². The highest BCUT2D eigenvalue weighted by molar-refractivity contribution is 5.68. The minimum Gasteiger partial charge on any atom is -0.507 e. The SMILES string of the molecule is COc1ccc(O)c(-c2ccn(-c3ncccc3C(F)(F)F)n2)c1. The fourth-order valence-corrected chi connectivity index (χ4v) is 2.23. The summed E-state index contributed by atoms with van der Waals surface area (Å²) in [4.78, 5) is 3.77. The first-order valence-electron chi connectivity index (χ1n) is 6.86.